The van der Waals surface area contributed by atoms with Gasteiger partial charge in [0.15, 0.2) is 0 Å². The Bertz CT molecular complexity index is 575. The fourth-order valence-electron chi connectivity index (χ4n) is 2.07. The summed E-state index contributed by atoms with van der Waals surface area (Å²) in [4.78, 5) is 0. The van der Waals surface area contributed by atoms with Crippen molar-refractivity contribution in [1.82, 2.24) is 9.78 Å². The van der Waals surface area contributed by atoms with Crippen LogP contribution in [0.25, 0.3) is 0 Å². The van der Waals surface area contributed by atoms with E-state index >= 15 is 0 Å². The highest BCUT2D eigenvalue weighted by Crippen LogP contribution is 2.29. The van der Waals surface area contributed by atoms with Gasteiger partial charge in [0.2, 0.25) is 0 Å². The molecule has 1 aromatic heterocycles. The van der Waals surface area contributed by atoms with Gasteiger partial charge in [0.25, 0.3) is 0 Å². The maximum atomic E-state index is 12.5. The fourth-order valence-corrected chi connectivity index (χ4v) is 2.07. The predicted molar refractivity (Wildman–Crippen MR) is 72.6 cm³/mol. The third-order valence-electron chi connectivity index (χ3n) is 3.20. The minimum absolute atomic E-state index is 0.260. The zero-order valence-electron chi connectivity index (χ0n) is 11.6. The Morgan fingerprint density at radius 3 is 2.48 bits per heavy atom. The molecule has 0 aliphatic heterocycles. The lowest BCUT2D eigenvalue weighted by Crippen LogP contribution is -2.05. The maximum absolute atomic E-state index is 12.5. The molecule has 2 aromatic rings. The van der Waals surface area contributed by atoms with Crippen LogP contribution in [-0.2, 0) is 19.1 Å². The molecule has 6 heteroatoms. The third-order valence-corrected chi connectivity index (χ3v) is 3.20. The zero-order valence-corrected chi connectivity index (χ0v) is 11.6. The number of alkyl halides is 3. The molecule has 1 aromatic carbocycles. The second-order valence-electron chi connectivity index (χ2n) is 4.95. The standard InChI is InChI=1S/C15H17F3N2O/c1-2-7-20-10-12(9-19-20)14(21)8-11-3-5-13(6-4-11)15(16,17)18/h3-6,9-10,14,21H,2,7-8H2,1H3. The number of rotatable bonds is 5. The minimum atomic E-state index is -4.33. The van der Waals surface area contributed by atoms with Gasteiger partial charge in [-0.2, -0.15) is 18.3 Å². The molecule has 3 nitrogen and oxygen atoms in total. The van der Waals surface area contributed by atoms with Crippen LogP contribution in [0.4, 0.5) is 13.2 Å². The van der Waals surface area contributed by atoms with Crippen LogP contribution in [0.1, 0.15) is 36.1 Å². The van der Waals surface area contributed by atoms with Crippen LogP contribution in [0.3, 0.4) is 0 Å². The molecule has 114 valence electrons. The van der Waals surface area contributed by atoms with Gasteiger partial charge >= 0.3 is 6.18 Å². The second-order valence-corrected chi connectivity index (χ2v) is 4.95. The molecular weight excluding hydrogens is 281 g/mol. The van der Waals surface area contributed by atoms with Crippen LogP contribution in [0.2, 0.25) is 0 Å². The molecule has 0 saturated heterocycles. The molecule has 0 amide bonds. The summed E-state index contributed by atoms with van der Waals surface area (Å²) in [6.45, 7) is 2.80. The highest BCUT2D eigenvalue weighted by Gasteiger charge is 2.30. The van der Waals surface area contributed by atoms with Crippen molar-refractivity contribution in [3.63, 3.8) is 0 Å². The van der Waals surface area contributed by atoms with Gasteiger partial charge < -0.3 is 5.11 Å². The van der Waals surface area contributed by atoms with E-state index < -0.39 is 17.8 Å². The van der Waals surface area contributed by atoms with Crippen molar-refractivity contribution < 1.29 is 18.3 Å². The lowest BCUT2D eigenvalue weighted by molar-refractivity contribution is -0.137. The molecule has 21 heavy (non-hydrogen) atoms. The van der Waals surface area contributed by atoms with Gasteiger partial charge in [0.05, 0.1) is 17.9 Å². The lowest BCUT2D eigenvalue weighted by atomic mass is 10.0. The summed E-state index contributed by atoms with van der Waals surface area (Å²) in [5.41, 5.74) is 0.638. The quantitative estimate of drug-likeness (QED) is 0.916. The van der Waals surface area contributed by atoms with Crippen molar-refractivity contribution in [3.05, 3.63) is 53.3 Å². The Balaban J connectivity index is 2.03. The molecule has 1 atom stereocenters. The van der Waals surface area contributed by atoms with Crippen LogP contribution in [0.5, 0.6) is 0 Å². The van der Waals surface area contributed by atoms with E-state index in [-0.39, 0.29) is 6.42 Å². The lowest BCUT2D eigenvalue weighted by Gasteiger charge is -2.10. The number of aromatic nitrogens is 2. The van der Waals surface area contributed by atoms with E-state index in [0.29, 0.717) is 11.1 Å². The zero-order chi connectivity index (χ0) is 15.5. The molecule has 1 unspecified atom stereocenters. The Morgan fingerprint density at radius 2 is 1.90 bits per heavy atom. The van der Waals surface area contributed by atoms with E-state index in [1.54, 1.807) is 17.1 Å². The number of hydrogen-bond acceptors (Lipinski definition) is 2. The third kappa shape index (κ3) is 4.07. The number of aliphatic hydroxyl groups excluding tert-OH is 1. The molecule has 0 spiro atoms. The first kappa shape index (κ1) is 15.6. The highest BCUT2D eigenvalue weighted by molar-refractivity contribution is 5.26. The molecule has 1 N–H and O–H groups in total. The molecular formula is C15H17F3N2O. The summed E-state index contributed by atoms with van der Waals surface area (Å²) in [7, 11) is 0. The number of aliphatic hydroxyl groups is 1. The van der Waals surface area contributed by atoms with E-state index in [0.717, 1.165) is 25.1 Å². The topological polar surface area (TPSA) is 38.0 Å². The SMILES string of the molecule is CCCn1cc(C(O)Cc2ccc(C(F)(F)F)cc2)cn1. The average molecular weight is 298 g/mol. The Labute approximate surface area is 121 Å². The molecule has 0 saturated carbocycles. The van der Waals surface area contributed by atoms with Crippen molar-refractivity contribution in [3.8, 4) is 0 Å². The second kappa shape index (κ2) is 6.30. The number of hydrogen-bond donors (Lipinski definition) is 1. The summed E-state index contributed by atoms with van der Waals surface area (Å²) in [5, 5.41) is 14.2. The van der Waals surface area contributed by atoms with Gasteiger partial charge in [-0.15, -0.1) is 0 Å². The largest absolute Gasteiger partial charge is 0.416 e. The number of halogens is 3. The van der Waals surface area contributed by atoms with Crippen molar-refractivity contribution in [2.75, 3.05) is 0 Å². The number of aryl methyl sites for hydroxylation is 1. The monoisotopic (exact) mass is 298 g/mol. The van der Waals surface area contributed by atoms with Gasteiger partial charge in [-0.1, -0.05) is 19.1 Å². The van der Waals surface area contributed by atoms with Crippen LogP contribution < -0.4 is 0 Å². The van der Waals surface area contributed by atoms with Gasteiger partial charge in [0.1, 0.15) is 0 Å². The molecule has 0 aliphatic carbocycles. The summed E-state index contributed by atoms with van der Waals surface area (Å²) in [6.07, 6.45) is -0.556. The van der Waals surface area contributed by atoms with Gasteiger partial charge in [-0.25, -0.2) is 0 Å². The van der Waals surface area contributed by atoms with Gasteiger partial charge in [-0.3, -0.25) is 4.68 Å². The van der Waals surface area contributed by atoms with E-state index in [1.165, 1.54) is 12.1 Å². The van der Waals surface area contributed by atoms with Crippen LogP contribution >= 0.6 is 0 Å². The molecule has 0 aliphatic rings. The highest BCUT2D eigenvalue weighted by atomic mass is 19.4. The summed E-state index contributed by atoms with van der Waals surface area (Å²) >= 11 is 0. The first-order valence-electron chi connectivity index (χ1n) is 6.76. The Morgan fingerprint density at radius 1 is 1.24 bits per heavy atom. The van der Waals surface area contributed by atoms with E-state index in [9.17, 15) is 18.3 Å². The summed E-state index contributed by atoms with van der Waals surface area (Å²) in [6, 6.07) is 4.84. The molecule has 1 heterocycles. The molecule has 0 bridgehead atoms. The Hall–Kier alpha value is -1.82. The van der Waals surface area contributed by atoms with E-state index in [4.69, 9.17) is 0 Å². The van der Waals surface area contributed by atoms with Crippen molar-refractivity contribution in [2.24, 2.45) is 0 Å². The van der Waals surface area contributed by atoms with Gasteiger partial charge in [0, 0.05) is 24.7 Å². The molecule has 0 radical (unpaired) electrons. The van der Waals surface area contributed by atoms with Gasteiger partial charge in [-0.05, 0) is 24.1 Å². The van der Waals surface area contributed by atoms with E-state index in [1.807, 2.05) is 6.92 Å². The molecule has 2 rings (SSSR count). The summed E-state index contributed by atoms with van der Waals surface area (Å²) in [5.74, 6) is 0. The number of benzene rings is 1. The smallest absolute Gasteiger partial charge is 0.388 e. The Kier molecular flexibility index (Phi) is 4.67. The first-order valence-corrected chi connectivity index (χ1v) is 6.76. The normalized spacial score (nSPS) is 13.4. The maximum Gasteiger partial charge on any atom is 0.416 e. The number of nitrogens with zero attached hydrogens (tertiary/aromatic N) is 2. The van der Waals surface area contributed by atoms with E-state index in [2.05, 4.69) is 5.10 Å². The first-order chi connectivity index (χ1) is 9.90. The average Bonchev–Trinajstić information content (AvgIpc) is 2.87. The van der Waals surface area contributed by atoms with Crippen LogP contribution in [-0.4, -0.2) is 14.9 Å². The van der Waals surface area contributed by atoms with Crippen LogP contribution in [0, 0.1) is 0 Å². The van der Waals surface area contributed by atoms with Crippen molar-refractivity contribution in [2.45, 2.75) is 38.6 Å². The molecule has 0 fully saturated rings. The predicted octanol–water partition coefficient (Wildman–Crippen LogP) is 3.59. The van der Waals surface area contributed by atoms with Crippen molar-refractivity contribution >= 4 is 0 Å². The summed E-state index contributed by atoms with van der Waals surface area (Å²) < 4.78 is 39.1. The fraction of sp³-hybridized carbons (Fsp3) is 0.400. The van der Waals surface area contributed by atoms with Crippen molar-refractivity contribution in [1.29, 1.82) is 0 Å². The van der Waals surface area contributed by atoms with Crippen LogP contribution in [0.15, 0.2) is 36.7 Å². The minimum Gasteiger partial charge on any atom is -0.388 e.